The summed E-state index contributed by atoms with van der Waals surface area (Å²) < 4.78 is 5.28. The number of hydrogen-bond donors (Lipinski definition) is 1. The average Bonchev–Trinajstić information content (AvgIpc) is 2.39. The van der Waals surface area contributed by atoms with E-state index in [1.54, 1.807) is 7.11 Å². The van der Waals surface area contributed by atoms with Crippen LogP contribution in [0.1, 0.15) is 19.0 Å². The first-order chi connectivity index (χ1) is 8.30. The molecule has 2 N–H and O–H groups in total. The number of nitrogens with zero attached hydrogens (tertiary/aromatic N) is 2. The molecule has 1 aromatic rings. The lowest BCUT2D eigenvalue weighted by Gasteiger charge is -2.22. The lowest BCUT2D eigenvalue weighted by Crippen LogP contribution is -2.31. The number of rotatable bonds is 8. The molecule has 0 aliphatic heterocycles. The number of aromatic nitrogens is 1. The van der Waals surface area contributed by atoms with Crippen LogP contribution in [0, 0.1) is 0 Å². The second-order valence-electron chi connectivity index (χ2n) is 4.07. The third kappa shape index (κ3) is 5.26. The molecule has 0 saturated heterocycles. The molecule has 0 spiro atoms. The highest BCUT2D eigenvalue weighted by Crippen LogP contribution is 2.04. The van der Waals surface area contributed by atoms with Crippen LogP contribution in [0.15, 0.2) is 24.4 Å². The Labute approximate surface area is 104 Å². The van der Waals surface area contributed by atoms with Gasteiger partial charge >= 0.3 is 0 Å². The van der Waals surface area contributed by atoms with Gasteiger partial charge in [0.05, 0.1) is 11.8 Å². The molecule has 0 bridgehead atoms. The van der Waals surface area contributed by atoms with E-state index in [1.807, 2.05) is 18.3 Å². The summed E-state index contributed by atoms with van der Waals surface area (Å²) in [6, 6.07) is 6.02. The zero-order valence-electron chi connectivity index (χ0n) is 10.8. The molecule has 4 heteroatoms. The molecule has 96 valence electrons. The van der Waals surface area contributed by atoms with Crippen molar-refractivity contribution in [1.29, 1.82) is 0 Å². The quantitative estimate of drug-likeness (QED) is 0.739. The summed E-state index contributed by atoms with van der Waals surface area (Å²) in [7, 11) is 1.71. The summed E-state index contributed by atoms with van der Waals surface area (Å²) in [5.74, 6) is 0. The van der Waals surface area contributed by atoms with E-state index in [4.69, 9.17) is 10.5 Å². The Kier molecular flexibility index (Phi) is 6.77. The van der Waals surface area contributed by atoms with E-state index in [2.05, 4.69) is 22.9 Å². The van der Waals surface area contributed by atoms with Gasteiger partial charge in [-0.2, -0.15) is 0 Å². The van der Waals surface area contributed by atoms with Crippen LogP contribution in [0.3, 0.4) is 0 Å². The number of ether oxygens (including phenoxy) is 1. The van der Waals surface area contributed by atoms with Crippen LogP contribution in [-0.2, 0) is 11.3 Å². The number of methoxy groups -OCH3 is 1. The van der Waals surface area contributed by atoms with Crippen LogP contribution in [0.5, 0.6) is 0 Å². The molecule has 1 unspecified atom stereocenters. The third-order valence-corrected chi connectivity index (χ3v) is 2.92. The minimum absolute atomic E-state index is 0.160. The smallest absolute Gasteiger partial charge is 0.0705 e. The number of nitrogens with two attached hydrogens (primary N) is 1. The summed E-state index contributed by atoms with van der Waals surface area (Å²) in [6.07, 6.45) is 2.96. The van der Waals surface area contributed by atoms with Gasteiger partial charge in [-0.25, -0.2) is 0 Å². The molecule has 4 nitrogen and oxygen atoms in total. The predicted molar refractivity (Wildman–Crippen MR) is 69.7 cm³/mol. The van der Waals surface area contributed by atoms with Gasteiger partial charge < -0.3 is 10.5 Å². The minimum Gasteiger partial charge on any atom is -0.380 e. The molecule has 0 radical (unpaired) electrons. The van der Waals surface area contributed by atoms with E-state index in [0.29, 0.717) is 6.54 Å². The molecule has 0 aromatic carbocycles. The van der Waals surface area contributed by atoms with Crippen LogP contribution < -0.4 is 5.73 Å². The van der Waals surface area contributed by atoms with Crippen molar-refractivity contribution in [3.05, 3.63) is 30.1 Å². The van der Waals surface area contributed by atoms with Crippen LogP contribution in [0.25, 0.3) is 0 Å². The highest BCUT2D eigenvalue weighted by atomic mass is 16.5. The fourth-order valence-electron chi connectivity index (χ4n) is 1.73. The van der Waals surface area contributed by atoms with E-state index in [0.717, 1.165) is 31.7 Å². The molecule has 0 amide bonds. The maximum atomic E-state index is 5.61. The molecule has 0 aliphatic rings. The summed E-state index contributed by atoms with van der Waals surface area (Å²) >= 11 is 0. The van der Waals surface area contributed by atoms with Gasteiger partial charge in [0.1, 0.15) is 0 Å². The number of pyridine rings is 1. The van der Waals surface area contributed by atoms with Gasteiger partial charge in [0.15, 0.2) is 0 Å². The zero-order valence-corrected chi connectivity index (χ0v) is 10.8. The normalized spacial score (nSPS) is 12.9. The molecule has 0 aliphatic carbocycles. The lowest BCUT2D eigenvalue weighted by atomic mass is 10.2. The van der Waals surface area contributed by atoms with Gasteiger partial charge in [0.2, 0.25) is 0 Å². The Morgan fingerprint density at radius 2 is 2.29 bits per heavy atom. The molecule has 1 atom stereocenters. The van der Waals surface area contributed by atoms with E-state index < -0.39 is 0 Å². The van der Waals surface area contributed by atoms with Crippen molar-refractivity contribution in [2.24, 2.45) is 5.73 Å². The van der Waals surface area contributed by atoms with Crippen molar-refractivity contribution in [2.75, 3.05) is 26.7 Å². The highest BCUT2D eigenvalue weighted by molar-refractivity contribution is 5.03. The van der Waals surface area contributed by atoms with E-state index >= 15 is 0 Å². The third-order valence-electron chi connectivity index (χ3n) is 2.92. The topological polar surface area (TPSA) is 51.4 Å². The Hall–Kier alpha value is -0.970. The molecule has 1 aromatic heterocycles. The van der Waals surface area contributed by atoms with Crippen LogP contribution in [0.2, 0.25) is 0 Å². The Balaban J connectivity index is 2.38. The van der Waals surface area contributed by atoms with Crippen molar-refractivity contribution in [3.63, 3.8) is 0 Å². The average molecular weight is 237 g/mol. The fourth-order valence-corrected chi connectivity index (χ4v) is 1.73. The van der Waals surface area contributed by atoms with E-state index in [-0.39, 0.29) is 6.10 Å². The zero-order chi connectivity index (χ0) is 12.5. The van der Waals surface area contributed by atoms with Crippen LogP contribution in [-0.4, -0.2) is 42.7 Å². The van der Waals surface area contributed by atoms with Gasteiger partial charge in [0.25, 0.3) is 0 Å². The van der Waals surface area contributed by atoms with Crippen molar-refractivity contribution < 1.29 is 4.74 Å². The van der Waals surface area contributed by atoms with Gasteiger partial charge in [0, 0.05) is 32.9 Å². The summed E-state index contributed by atoms with van der Waals surface area (Å²) in [6.45, 7) is 5.63. The van der Waals surface area contributed by atoms with E-state index in [1.165, 1.54) is 0 Å². The van der Waals surface area contributed by atoms with Gasteiger partial charge in [-0.15, -0.1) is 0 Å². The first kappa shape index (κ1) is 14.1. The summed E-state index contributed by atoms with van der Waals surface area (Å²) in [5, 5.41) is 0. The van der Waals surface area contributed by atoms with Crippen molar-refractivity contribution >= 4 is 0 Å². The first-order valence-electron chi connectivity index (χ1n) is 6.15. The fraction of sp³-hybridized carbons (Fsp3) is 0.615. The molecule has 1 rings (SSSR count). The van der Waals surface area contributed by atoms with Gasteiger partial charge in [-0.3, -0.25) is 9.88 Å². The van der Waals surface area contributed by atoms with Crippen molar-refractivity contribution in [2.45, 2.75) is 26.0 Å². The SMILES string of the molecule is CCN(CCC(CN)OC)Cc1ccccn1. The largest absolute Gasteiger partial charge is 0.380 e. The molecular formula is C13H23N3O. The van der Waals surface area contributed by atoms with Crippen molar-refractivity contribution in [3.8, 4) is 0 Å². The lowest BCUT2D eigenvalue weighted by molar-refractivity contribution is 0.0889. The molecule has 0 fully saturated rings. The monoisotopic (exact) mass is 237 g/mol. The Morgan fingerprint density at radius 1 is 1.47 bits per heavy atom. The highest BCUT2D eigenvalue weighted by Gasteiger charge is 2.09. The number of hydrogen-bond acceptors (Lipinski definition) is 4. The predicted octanol–water partition coefficient (Wildman–Crippen LogP) is 1.27. The molecule has 1 heterocycles. The Bertz CT molecular complexity index is 288. The van der Waals surface area contributed by atoms with Crippen LogP contribution >= 0.6 is 0 Å². The maximum Gasteiger partial charge on any atom is 0.0705 e. The van der Waals surface area contributed by atoms with Gasteiger partial charge in [-0.05, 0) is 25.1 Å². The second kappa shape index (κ2) is 8.17. The summed E-state index contributed by atoms with van der Waals surface area (Å²) in [4.78, 5) is 6.69. The van der Waals surface area contributed by atoms with Gasteiger partial charge in [-0.1, -0.05) is 13.0 Å². The second-order valence-corrected chi connectivity index (χ2v) is 4.07. The van der Waals surface area contributed by atoms with E-state index in [9.17, 15) is 0 Å². The van der Waals surface area contributed by atoms with Crippen LogP contribution in [0.4, 0.5) is 0 Å². The summed E-state index contributed by atoms with van der Waals surface area (Å²) in [5.41, 5.74) is 6.72. The Morgan fingerprint density at radius 3 is 2.82 bits per heavy atom. The minimum atomic E-state index is 0.160. The standard InChI is InChI=1S/C13H23N3O/c1-3-16(9-7-13(10-14)17-2)11-12-6-4-5-8-15-12/h4-6,8,13H,3,7,9-11,14H2,1-2H3. The molecule has 0 saturated carbocycles. The maximum absolute atomic E-state index is 5.61. The first-order valence-corrected chi connectivity index (χ1v) is 6.15. The van der Waals surface area contributed by atoms with Crippen molar-refractivity contribution in [1.82, 2.24) is 9.88 Å². The molecule has 17 heavy (non-hydrogen) atoms. The molecular weight excluding hydrogens is 214 g/mol.